The molecule has 1 N–H and O–H groups in total. The van der Waals surface area contributed by atoms with Crippen LogP contribution >= 0.6 is 11.6 Å². The third-order valence-electron chi connectivity index (χ3n) is 6.30. The molecule has 0 bridgehead atoms. The van der Waals surface area contributed by atoms with E-state index in [1.165, 1.54) is 6.42 Å². The van der Waals surface area contributed by atoms with E-state index in [2.05, 4.69) is 5.32 Å². The fraction of sp³-hybridized carbons (Fsp3) is 0.455. The fourth-order valence-electron chi connectivity index (χ4n) is 4.59. The predicted molar refractivity (Wildman–Crippen MR) is 111 cm³/mol. The SMILES string of the molecule is Cc1c2c(c(C)n1C)C(C(=O)NC1CCCCC1)N(c1ccc(Cl)cc1)C2=O. The van der Waals surface area contributed by atoms with Crippen molar-refractivity contribution in [3.05, 3.63) is 51.8 Å². The monoisotopic (exact) mass is 399 g/mol. The number of nitrogens with one attached hydrogen (secondary N) is 1. The highest BCUT2D eigenvalue weighted by Gasteiger charge is 2.46. The van der Waals surface area contributed by atoms with Crippen LogP contribution in [0, 0.1) is 13.8 Å². The molecular weight excluding hydrogens is 374 g/mol. The minimum atomic E-state index is -0.648. The second kappa shape index (κ2) is 7.28. The molecule has 0 spiro atoms. The second-order valence-corrected chi connectivity index (χ2v) is 8.35. The minimum absolute atomic E-state index is 0.0948. The summed E-state index contributed by atoms with van der Waals surface area (Å²) in [6, 6.07) is 6.66. The van der Waals surface area contributed by atoms with Gasteiger partial charge in [0.25, 0.3) is 5.91 Å². The van der Waals surface area contributed by atoms with Crippen molar-refractivity contribution in [2.24, 2.45) is 7.05 Å². The summed E-state index contributed by atoms with van der Waals surface area (Å²) in [4.78, 5) is 28.4. The Balaban J connectivity index is 1.76. The molecule has 0 saturated heterocycles. The Morgan fingerprint density at radius 2 is 1.71 bits per heavy atom. The number of fused-ring (bicyclic) bond motifs is 1. The molecule has 1 atom stereocenters. The zero-order chi connectivity index (χ0) is 20.0. The molecule has 1 aliphatic heterocycles. The quantitative estimate of drug-likeness (QED) is 0.829. The molecule has 2 aliphatic rings. The van der Waals surface area contributed by atoms with Crippen LogP contribution in [0.15, 0.2) is 24.3 Å². The fourth-order valence-corrected chi connectivity index (χ4v) is 4.72. The maximum atomic E-state index is 13.4. The summed E-state index contributed by atoms with van der Waals surface area (Å²) in [5.74, 6) is -0.218. The van der Waals surface area contributed by atoms with Crippen molar-refractivity contribution in [1.82, 2.24) is 9.88 Å². The highest BCUT2D eigenvalue weighted by molar-refractivity contribution is 6.30. The second-order valence-electron chi connectivity index (χ2n) is 7.92. The van der Waals surface area contributed by atoms with E-state index in [9.17, 15) is 9.59 Å². The van der Waals surface area contributed by atoms with Crippen molar-refractivity contribution in [3.63, 3.8) is 0 Å². The van der Waals surface area contributed by atoms with Crippen molar-refractivity contribution < 1.29 is 9.59 Å². The topological polar surface area (TPSA) is 54.3 Å². The smallest absolute Gasteiger partial charge is 0.261 e. The molecule has 1 aliphatic carbocycles. The van der Waals surface area contributed by atoms with Crippen LogP contribution in [0.1, 0.15) is 65.5 Å². The number of benzene rings is 1. The van der Waals surface area contributed by atoms with Gasteiger partial charge in [0.1, 0.15) is 6.04 Å². The maximum Gasteiger partial charge on any atom is 0.261 e. The first-order valence-electron chi connectivity index (χ1n) is 9.95. The lowest BCUT2D eigenvalue weighted by atomic mass is 9.95. The first-order chi connectivity index (χ1) is 13.4. The number of rotatable bonds is 3. The molecule has 2 heterocycles. The number of amides is 2. The summed E-state index contributed by atoms with van der Waals surface area (Å²) in [5.41, 5.74) is 4.02. The van der Waals surface area contributed by atoms with Gasteiger partial charge in [0.2, 0.25) is 5.91 Å². The van der Waals surface area contributed by atoms with Gasteiger partial charge in [-0.05, 0) is 51.0 Å². The zero-order valence-corrected chi connectivity index (χ0v) is 17.3. The largest absolute Gasteiger partial charge is 0.351 e. The summed E-state index contributed by atoms with van der Waals surface area (Å²) in [7, 11) is 1.94. The molecule has 2 amide bonds. The number of nitrogens with zero attached hydrogens (tertiary/aromatic N) is 2. The molecule has 28 heavy (non-hydrogen) atoms. The van der Waals surface area contributed by atoms with Crippen molar-refractivity contribution >= 4 is 29.1 Å². The summed E-state index contributed by atoms with van der Waals surface area (Å²) in [6.07, 6.45) is 5.53. The van der Waals surface area contributed by atoms with Crippen LogP contribution in [0.25, 0.3) is 0 Å². The van der Waals surface area contributed by atoms with E-state index in [0.717, 1.165) is 42.6 Å². The molecule has 1 fully saturated rings. The van der Waals surface area contributed by atoms with Gasteiger partial charge in [-0.1, -0.05) is 30.9 Å². The molecule has 1 aromatic carbocycles. The lowest BCUT2D eigenvalue weighted by molar-refractivity contribution is -0.123. The molecule has 1 saturated carbocycles. The molecule has 2 aromatic rings. The van der Waals surface area contributed by atoms with E-state index >= 15 is 0 Å². The van der Waals surface area contributed by atoms with E-state index in [0.29, 0.717) is 16.3 Å². The number of carbonyl (C=O) groups is 2. The van der Waals surface area contributed by atoms with E-state index in [1.54, 1.807) is 29.2 Å². The summed E-state index contributed by atoms with van der Waals surface area (Å²) in [6.45, 7) is 3.91. The first-order valence-corrected chi connectivity index (χ1v) is 10.3. The summed E-state index contributed by atoms with van der Waals surface area (Å²) in [5, 5.41) is 3.82. The lowest BCUT2D eigenvalue weighted by Crippen LogP contribution is -2.44. The zero-order valence-electron chi connectivity index (χ0n) is 16.6. The minimum Gasteiger partial charge on any atom is -0.351 e. The number of anilines is 1. The first kappa shape index (κ1) is 19.1. The Labute approximate surface area is 170 Å². The van der Waals surface area contributed by atoms with Crippen molar-refractivity contribution in [1.29, 1.82) is 0 Å². The van der Waals surface area contributed by atoms with Crippen molar-refractivity contribution in [2.45, 2.75) is 58.0 Å². The Bertz CT molecular complexity index is 926. The van der Waals surface area contributed by atoms with Gasteiger partial charge in [0.15, 0.2) is 0 Å². The molecule has 5 nitrogen and oxygen atoms in total. The van der Waals surface area contributed by atoms with Gasteiger partial charge >= 0.3 is 0 Å². The van der Waals surface area contributed by atoms with Crippen LogP contribution < -0.4 is 10.2 Å². The van der Waals surface area contributed by atoms with Gasteiger partial charge in [-0.15, -0.1) is 0 Å². The average molecular weight is 400 g/mol. The van der Waals surface area contributed by atoms with Crippen molar-refractivity contribution in [2.75, 3.05) is 4.90 Å². The van der Waals surface area contributed by atoms with Crippen LogP contribution in [-0.4, -0.2) is 22.4 Å². The third kappa shape index (κ3) is 3.02. The Kier molecular flexibility index (Phi) is 4.96. The highest BCUT2D eigenvalue weighted by atomic mass is 35.5. The van der Waals surface area contributed by atoms with Gasteiger partial charge in [-0.25, -0.2) is 0 Å². The number of hydrogen-bond acceptors (Lipinski definition) is 2. The Hall–Kier alpha value is -2.27. The summed E-state index contributed by atoms with van der Waals surface area (Å²) < 4.78 is 2.00. The molecule has 0 radical (unpaired) electrons. The average Bonchev–Trinajstić information content (AvgIpc) is 3.11. The standard InChI is InChI=1S/C22H26ClN3O2/c1-13-18-19(14(2)25(13)3)22(28)26(17-11-9-15(23)10-12-17)20(18)21(27)24-16-7-5-4-6-8-16/h9-12,16,20H,4-8H2,1-3H3,(H,24,27). The Morgan fingerprint density at radius 1 is 1.07 bits per heavy atom. The maximum absolute atomic E-state index is 13.4. The normalized spacial score (nSPS) is 19.8. The molecule has 148 valence electrons. The number of carbonyl (C=O) groups excluding carboxylic acids is 2. The van der Waals surface area contributed by atoms with Gasteiger partial charge in [0, 0.05) is 40.8 Å². The van der Waals surface area contributed by atoms with Gasteiger partial charge in [-0.3, -0.25) is 14.5 Å². The summed E-state index contributed by atoms with van der Waals surface area (Å²) >= 11 is 6.04. The highest BCUT2D eigenvalue weighted by Crippen LogP contribution is 2.42. The van der Waals surface area contributed by atoms with Gasteiger partial charge < -0.3 is 9.88 Å². The van der Waals surface area contributed by atoms with E-state index in [1.807, 2.05) is 25.5 Å². The lowest BCUT2D eigenvalue weighted by Gasteiger charge is -2.29. The number of hydrogen-bond donors (Lipinski definition) is 1. The Morgan fingerprint density at radius 3 is 2.36 bits per heavy atom. The predicted octanol–water partition coefficient (Wildman–Crippen LogP) is 4.45. The van der Waals surface area contributed by atoms with E-state index < -0.39 is 6.04 Å². The van der Waals surface area contributed by atoms with Crippen LogP contribution in [0.4, 0.5) is 5.69 Å². The number of aromatic nitrogens is 1. The van der Waals surface area contributed by atoms with Gasteiger partial charge in [-0.2, -0.15) is 0 Å². The van der Waals surface area contributed by atoms with Crippen LogP contribution in [0.3, 0.4) is 0 Å². The molecule has 1 unspecified atom stereocenters. The molecule has 6 heteroatoms. The van der Waals surface area contributed by atoms with E-state index in [-0.39, 0.29) is 17.9 Å². The molecule has 1 aromatic heterocycles. The third-order valence-corrected chi connectivity index (χ3v) is 6.55. The molecular formula is C22H26ClN3O2. The number of halogens is 1. The van der Waals surface area contributed by atoms with Crippen LogP contribution in [0.2, 0.25) is 5.02 Å². The van der Waals surface area contributed by atoms with Crippen LogP contribution in [-0.2, 0) is 11.8 Å². The van der Waals surface area contributed by atoms with Crippen molar-refractivity contribution in [3.8, 4) is 0 Å². The van der Waals surface area contributed by atoms with E-state index in [4.69, 9.17) is 11.6 Å². The van der Waals surface area contributed by atoms with Crippen LogP contribution in [0.5, 0.6) is 0 Å². The van der Waals surface area contributed by atoms with Gasteiger partial charge in [0.05, 0.1) is 5.56 Å². The molecule has 4 rings (SSSR count).